The van der Waals surface area contributed by atoms with Gasteiger partial charge in [0.05, 0.1) is 11.4 Å². The van der Waals surface area contributed by atoms with Crippen molar-refractivity contribution in [1.82, 2.24) is 10.2 Å². The minimum absolute atomic E-state index is 0.0317. The van der Waals surface area contributed by atoms with Crippen LogP contribution in [0.5, 0.6) is 0 Å². The second kappa shape index (κ2) is 6.47. The van der Waals surface area contributed by atoms with Crippen molar-refractivity contribution in [2.45, 2.75) is 0 Å². The summed E-state index contributed by atoms with van der Waals surface area (Å²) in [6.45, 7) is 3.72. The predicted octanol–water partition coefficient (Wildman–Crippen LogP) is 0.612. The van der Waals surface area contributed by atoms with E-state index in [1.54, 1.807) is 0 Å². The molecule has 0 aliphatic carbocycles. The van der Waals surface area contributed by atoms with E-state index in [0.29, 0.717) is 6.54 Å². The number of piperazine rings is 1. The molecule has 1 fully saturated rings. The highest BCUT2D eigenvalue weighted by Gasteiger charge is 2.16. The molecular weight excluding hydrogens is 288 g/mol. The van der Waals surface area contributed by atoms with Gasteiger partial charge in [0.25, 0.3) is 0 Å². The maximum Gasteiger partial charge on any atom is 0.233 e. The summed E-state index contributed by atoms with van der Waals surface area (Å²) in [5.41, 5.74) is 0.0317. The molecule has 0 atom stereocenters. The van der Waals surface area contributed by atoms with E-state index in [-0.39, 0.29) is 11.4 Å². The number of nitrogens with one attached hydrogen (secondary N) is 2. The lowest BCUT2D eigenvalue weighted by molar-refractivity contribution is 0.254. The molecule has 1 heterocycles. The van der Waals surface area contributed by atoms with Gasteiger partial charge in [0, 0.05) is 38.8 Å². The topological polar surface area (TPSA) is 61.4 Å². The minimum atomic E-state index is -3.56. The average Bonchev–Trinajstić information content (AvgIpc) is 2.42. The van der Waals surface area contributed by atoms with Crippen molar-refractivity contribution in [2.75, 3.05) is 43.2 Å². The highest BCUT2D eigenvalue weighted by Crippen LogP contribution is 2.14. The molecule has 1 aromatic rings. The average molecular weight is 305 g/mol. The molecule has 20 heavy (non-hydrogen) atoms. The number of nitrogens with zero attached hydrogens (tertiary/aromatic N) is 1. The standard InChI is InChI=1S/C12H17F2N3O2S/c13-11-2-1-10(9-12(11)14)16-20(18,19)8-7-17-5-3-15-4-6-17/h1-2,9,15-16H,3-8H2. The molecular formula is C12H17F2N3O2S. The third-order valence-electron chi connectivity index (χ3n) is 3.08. The molecule has 1 saturated heterocycles. The zero-order valence-corrected chi connectivity index (χ0v) is 11.7. The Morgan fingerprint density at radius 2 is 1.90 bits per heavy atom. The summed E-state index contributed by atoms with van der Waals surface area (Å²) in [7, 11) is -3.56. The SMILES string of the molecule is O=S(=O)(CCN1CCNCC1)Nc1ccc(F)c(F)c1. The van der Waals surface area contributed by atoms with E-state index in [9.17, 15) is 17.2 Å². The van der Waals surface area contributed by atoms with Gasteiger partial charge in [-0.1, -0.05) is 0 Å². The molecule has 1 aliphatic heterocycles. The summed E-state index contributed by atoms with van der Waals surface area (Å²) in [6, 6.07) is 2.92. The Hall–Kier alpha value is -1.25. The molecule has 2 rings (SSSR count). The van der Waals surface area contributed by atoms with Crippen molar-refractivity contribution in [3.63, 3.8) is 0 Å². The van der Waals surface area contributed by atoms with Crippen LogP contribution in [0.2, 0.25) is 0 Å². The van der Waals surface area contributed by atoms with Crippen LogP contribution in [0.15, 0.2) is 18.2 Å². The first-order valence-electron chi connectivity index (χ1n) is 6.35. The highest BCUT2D eigenvalue weighted by atomic mass is 32.2. The molecule has 5 nitrogen and oxygen atoms in total. The Labute approximate surface area is 117 Å². The van der Waals surface area contributed by atoms with E-state index in [2.05, 4.69) is 10.0 Å². The van der Waals surface area contributed by atoms with E-state index in [1.165, 1.54) is 6.07 Å². The summed E-state index contributed by atoms with van der Waals surface area (Å²) >= 11 is 0. The van der Waals surface area contributed by atoms with Crippen molar-refractivity contribution < 1.29 is 17.2 Å². The number of rotatable bonds is 5. The van der Waals surface area contributed by atoms with Gasteiger partial charge >= 0.3 is 0 Å². The number of hydrogen-bond donors (Lipinski definition) is 2. The van der Waals surface area contributed by atoms with Crippen molar-refractivity contribution in [3.8, 4) is 0 Å². The first kappa shape index (κ1) is 15.1. The van der Waals surface area contributed by atoms with Crippen molar-refractivity contribution >= 4 is 15.7 Å². The van der Waals surface area contributed by atoms with Crippen molar-refractivity contribution in [3.05, 3.63) is 29.8 Å². The molecule has 8 heteroatoms. The largest absolute Gasteiger partial charge is 0.314 e. The van der Waals surface area contributed by atoms with Crippen molar-refractivity contribution in [2.24, 2.45) is 0 Å². The van der Waals surface area contributed by atoms with E-state index in [1.807, 2.05) is 4.90 Å². The lowest BCUT2D eigenvalue weighted by atomic mass is 10.3. The first-order valence-corrected chi connectivity index (χ1v) is 8.00. The minimum Gasteiger partial charge on any atom is -0.314 e. The Kier molecular flexibility index (Phi) is 4.90. The molecule has 0 spiro atoms. The Morgan fingerprint density at radius 3 is 2.55 bits per heavy atom. The molecule has 1 aliphatic rings. The highest BCUT2D eigenvalue weighted by molar-refractivity contribution is 7.92. The van der Waals surface area contributed by atoms with Gasteiger partial charge in [-0.15, -0.1) is 0 Å². The van der Waals surface area contributed by atoms with Gasteiger partial charge in [-0.25, -0.2) is 17.2 Å². The lowest BCUT2D eigenvalue weighted by Crippen LogP contribution is -2.45. The molecule has 0 amide bonds. The zero-order valence-electron chi connectivity index (χ0n) is 10.9. The normalized spacial score (nSPS) is 17.1. The number of anilines is 1. The van der Waals surface area contributed by atoms with E-state index >= 15 is 0 Å². The summed E-state index contributed by atoms with van der Waals surface area (Å²) < 4.78 is 51.8. The van der Waals surface area contributed by atoms with Crippen LogP contribution in [-0.4, -0.2) is 51.8 Å². The van der Waals surface area contributed by atoms with Crippen LogP contribution in [-0.2, 0) is 10.0 Å². The van der Waals surface area contributed by atoms with E-state index in [4.69, 9.17) is 0 Å². The fourth-order valence-electron chi connectivity index (χ4n) is 1.97. The molecule has 0 unspecified atom stereocenters. The van der Waals surface area contributed by atoms with Crippen LogP contribution in [0.4, 0.5) is 14.5 Å². The maximum atomic E-state index is 13.0. The smallest absolute Gasteiger partial charge is 0.233 e. The summed E-state index contributed by atoms with van der Waals surface area (Å²) in [4.78, 5) is 2.04. The third kappa shape index (κ3) is 4.39. The Bertz CT molecular complexity index is 560. The van der Waals surface area contributed by atoms with E-state index in [0.717, 1.165) is 38.3 Å². The van der Waals surface area contributed by atoms with Gasteiger partial charge in [0.15, 0.2) is 11.6 Å². The predicted molar refractivity (Wildman–Crippen MR) is 73.1 cm³/mol. The van der Waals surface area contributed by atoms with Gasteiger partial charge in [-0.2, -0.15) is 0 Å². The molecule has 0 aromatic heterocycles. The van der Waals surface area contributed by atoms with Gasteiger partial charge in [0.1, 0.15) is 0 Å². The van der Waals surface area contributed by atoms with Gasteiger partial charge in [-0.05, 0) is 12.1 Å². The van der Waals surface area contributed by atoms with Crippen LogP contribution in [0.3, 0.4) is 0 Å². The summed E-state index contributed by atoms with van der Waals surface area (Å²) in [6.07, 6.45) is 0. The fraction of sp³-hybridized carbons (Fsp3) is 0.500. The maximum absolute atomic E-state index is 13.0. The third-order valence-corrected chi connectivity index (χ3v) is 4.35. The Morgan fingerprint density at radius 1 is 1.20 bits per heavy atom. The molecule has 112 valence electrons. The molecule has 0 saturated carbocycles. The molecule has 0 radical (unpaired) electrons. The van der Waals surface area contributed by atoms with E-state index < -0.39 is 21.7 Å². The summed E-state index contributed by atoms with van der Waals surface area (Å²) in [5, 5.41) is 3.18. The second-order valence-corrected chi connectivity index (χ2v) is 6.48. The van der Waals surface area contributed by atoms with Crippen LogP contribution in [0, 0.1) is 11.6 Å². The number of halogens is 2. The van der Waals surface area contributed by atoms with Gasteiger partial charge < -0.3 is 5.32 Å². The number of sulfonamides is 1. The van der Waals surface area contributed by atoms with Crippen LogP contribution < -0.4 is 10.0 Å². The monoisotopic (exact) mass is 305 g/mol. The summed E-state index contributed by atoms with van der Waals surface area (Å²) in [5.74, 6) is -2.16. The van der Waals surface area contributed by atoms with Crippen LogP contribution >= 0.6 is 0 Å². The fourth-order valence-corrected chi connectivity index (χ4v) is 3.06. The molecule has 0 bridgehead atoms. The van der Waals surface area contributed by atoms with Gasteiger partial charge in [-0.3, -0.25) is 9.62 Å². The molecule has 1 aromatic carbocycles. The lowest BCUT2D eigenvalue weighted by Gasteiger charge is -2.26. The first-order chi connectivity index (χ1) is 9.46. The van der Waals surface area contributed by atoms with Crippen LogP contribution in [0.1, 0.15) is 0 Å². The zero-order chi connectivity index (χ0) is 14.6. The van der Waals surface area contributed by atoms with Crippen molar-refractivity contribution in [1.29, 1.82) is 0 Å². The van der Waals surface area contributed by atoms with Crippen LogP contribution in [0.25, 0.3) is 0 Å². The number of hydrogen-bond acceptors (Lipinski definition) is 4. The van der Waals surface area contributed by atoms with Gasteiger partial charge in [0.2, 0.25) is 10.0 Å². The quantitative estimate of drug-likeness (QED) is 0.837. The second-order valence-electron chi connectivity index (χ2n) is 4.64. The Balaban J connectivity index is 1.91. The number of benzene rings is 1. The molecule has 2 N–H and O–H groups in total.